The lowest BCUT2D eigenvalue weighted by Gasteiger charge is -2.07. The molecule has 4 aromatic rings. The molecule has 0 amide bonds. The molecule has 0 aliphatic heterocycles. The lowest BCUT2D eigenvalue weighted by atomic mass is 10.0. The Kier molecular flexibility index (Phi) is 6.25. The molecule has 0 spiro atoms. The van der Waals surface area contributed by atoms with Gasteiger partial charge in [-0.25, -0.2) is 13.2 Å². The Bertz CT molecular complexity index is 1490. The van der Waals surface area contributed by atoms with E-state index in [0.717, 1.165) is 16.3 Å². The third kappa shape index (κ3) is 4.94. The molecule has 0 bridgehead atoms. The van der Waals surface area contributed by atoms with Gasteiger partial charge in [0.05, 0.1) is 12.0 Å². The number of ketones is 1. The monoisotopic (exact) mass is 485 g/mol. The number of benzene rings is 2. The highest BCUT2D eigenvalue weighted by molar-refractivity contribution is 7.93. The summed E-state index contributed by atoms with van der Waals surface area (Å²) in [5, 5.41) is 9.17. The number of ether oxygens (including phenoxy) is 1. The van der Waals surface area contributed by atoms with Crippen molar-refractivity contribution in [3.63, 3.8) is 0 Å². The summed E-state index contributed by atoms with van der Waals surface area (Å²) in [6.45, 7) is 1.90. The average Bonchev–Trinajstić information content (AvgIpc) is 3.25. The molecule has 11 heteroatoms. The fraction of sp³-hybridized carbons (Fsp3) is 0.182. The summed E-state index contributed by atoms with van der Waals surface area (Å²) >= 11 is 1.16. The van der Waals surface area contributed by atoms with Gasteiger partial charge in [0.1, 0.15) is 21.9 Å². The molecule has 170 valence electrons. The molecule has 2 heterocycles. The van der Waals surface area contributed by atoms with Gasteiger partial charge in [-0.05, 0) is 48.4 Å². The van der Waals surface area contributed by atoms with Crippen molar-refractivity contribution in [1.29, 1.82) is 0 Å². The van der Waals surface area contributed by atoms with Crippen molar-refractivity contribution in [2.45, 2.75) is 24.7 Å². The van der Waals surface area contributed by atoms with Gasteiger partial charge >= 0.3 is 5.63 Å². The van der Waals surface area contributed by atoms with Crippen molar-refractivity contribution >= 4 is 43.2 Å². The maximum absolute atomic E-state index is 12.8. The molecule has 0 saturated heterocycles. The molecule has 2 aromatic heterocycles. The number of hydrogen-bond acceptors (Lipinski definition) is 9. The summed E-state index contributed by atoms with van der Waals surface area (Å²) in [7, 11) is -2.33. The number of aromatic nitrogens is 2. The first-order chi connectivity index (χ1) is 15.8. The number of fused-ring (bicyclic) bond motifs is 1. The van der Waals surface area contributed by atoms with Gasteiger partial charge in [-0.2, -0.15) is 0 Å². The maximum atomic E-state index is 12.8. The van der Waals surface area contributed by atoms with Crippen LogP contribution in [0.1, 0.15) is 27.9 Å². The average molecular weight is 486 g/mol. The lowest BCUT2D eigenvalue weighted by Crippen LogP contribution is -2.16. The van der Waals surface area contributed by atoms with Crippen LogP contribution in [-0.4, -0.2) is 31.5 Å². The Morgan fingerprint density at radius 1 is 1.12 bits per heavy atom. The first-order valence-electron chi connectivity index (χ1n) is 9.88. The molecule has 0 fully saturated rings. The van der Waals surface area contributed by atoms with E-state index < -0.39 is 21.4 Å². The van der Waals surface area contributed by atoms with Crippen molar-refractivity contribution < 1.29 is 22.4 Å². The van der Waals surface area contributed by atoms with Crippen LogP contribution in [0.5, 0.6) is 5.75 Å². The number of Topliss-reactive ketones (excluding diaryl/α,β-unsaturated/α-hetero) is 1. The van der Waals surface area contributed by atoms with Crippen molar-refractivity contribution in [2.75, 3.05) is 11.8 Å². The largest absolute Gasteiger partial charge is 0.497 e. The minimum absolute atomic E-state index is 0.0178. The molecule has 0 aliphatic carbocycles. The molecule has 0 unspecified atom stereocenters. The number of aryl methyl sites for hydroxylation is 1. The molecule has 4 rings (SSSR count). The molecule has 0 saturated carbocycles. The Labute approximate surface area is 193 Å². The van der Waals surface area contributed by atoms with Crippen LogP contribution >= 0.6 is 11.3 Å². The molecular weight excluding hydrogens is 466 g/mol. The van der Waals surface area contributed by atoms with Gasteiger partial charge in [-0.3, -0.25) is 9.52 Å². The fourth-order valence-electron chi connectivity index (χ4n) is 3.10. The van der Waals surface area contributed by atoms with E-state index in [0.29, 0.717) is 28.7 Å². The quantitative estimate of drug-likeness (QED) is 0.297. The van der Waals surface area contributed by atoms with Gasteiger partial charge in [0.2, 0.25) is 5.13 Å². The van der Waals surface area contributed by atoms with E-state index in [2.05, 4.69) is 14.9 Å². The summed E-state index contributed by atoms with van der Waals surface area (Å²) in [4.78, 5) is 25.1. The topological polar surface area (TPSA) is 128 Å². The molecular formula is C22H19N3O6S2. The van der Waals surface area contributed by atoms with Crippen molar-refractivity contribution in [3.8, 4) is 5.75 Å². The maximum Gasteiger partial charge on any atom is 0.347 e. The number of carbonyl (C=O) groups is 1. The van der Waals surface area contributed by atoms with E-state index in [-0.39, 0.29) is 22.0 Å². The SMILES string of the molecule is CCc1nnc(NS(=O)(=O)c2ccc(CC(=O)c3cc4cc(OC)ccc4oc3=O)cc2)s1. The van der Waals surface area contributed by atoms with Gasteiger partial charge in [0.25, 0.3) is 10.0 Å². The number of carbonyl (C=O) groups excluding carboxylic acids is 1. The smallest absolute Gasteiger partial charge is 0.347 e. The molecule has 33 heavy (non-hydrogen) atoms. The number of hydrogen-bond donors (Lipinski definition) is 1. The van der Waals surface area contributed by atoms with Crippen LogP contribution in [0, 0.1) is 0 Å². The summed E-state index contributed by atoms with van der Waals surface area (Å²) in [6, 6.07) is 12.2. The van der Waals surface area contributed by atoms with Gasteiger partial charge in [0, 0.05) is 11.8 Å². The Balaban J connectivity index is 1.52. The normalized spacial score (nSPS) is 11.5. The second-order valence-corrected chi connectivity index (χ2v) is 9.80. The Hall–Kier alpha value is -3.57. The van der Waals surface area contributed by atoms with Crippen LogP contribution in [0.4, 0.5) is 5.13 Å². The van der Waals surface area contributed by atoms with Crippen LogP contribution in [0.15, 0.2) is 62.6 Å². The summed E-state index contributed by atoms with van der Waals surface area (Å²) < 4.78 is 38.0. The minimum atomic E-state index is -3.85. The number of methoxy groups -OCH3 is 1. The van der Waals surface area contributed by atoms with E-state index in [1.165, 1.54) is 37.4 Å². The highest BCUT2D eigenvalue weighted by atomic mass is 32.2. The van der Waals surface area contributed by atoms with E-state index in [1.807, 2.05) is 6.92 Å². The number of rotatable bonds is 8. The lowest BCUT2D eigenvalue weighted by molar-refractivity contribution is 0.0989. The van der Waals surface area contributed by atoms with Crippen LogP contribution in [0.2, 0.25) is 0 Å². The predicted octanol–water partition coefficient (Wildman–Crippen LogP) is 3.44. The van der Waals surface area contributed by atoms with Crippen molar-refractivity contribution in [1.82, 2.24) is 10.2 Å². The standard InChI is InChI=1S/C22H19N3O6S2/c1-3-20-23-24-22(32-20)25-33(28,29)16-7-4-13(5-8-16)10-18(26)17-12-14-11-15(30-2)6-9-19(14)31-21(17)27/h4-9,11-12H,3,10H2,1-2H3,(H,24,25). The van der Waals surface area contributed by atoms with E-state index in [1.54, 1.807) is 18.2 Å². The molecule has 9 nitrogen and oxygen atoms in total. The number of nitrogens with zero attached hydrogens (tertiary/aromatic N) is 2. The second kappa shape index (κ2) is 9.12. The van der Waals surface area contributed by atoms with E-state index >= 15 is 0 Å². The fourth-order valence-corrected chi connectivity index (χ4v) is 5.01. The second-order valence-electron chi connectivity index (χ2n) is 7.06. The van der Waals surface area contributed by atoms with Crippen LogP contribution in [0.25, 0.3) is 11.0 Å². The third-order valence-electron chi connectivity index (χ3n) is 4.83. The van der Waals surface area contributed by atoms with Crippen LogP contribution < -0.4 is 15.1 Å². The summed E-state index contributed by atoms with van der Waals surface area (Å²) in [6.07, 6.45) is 0.565. The van der Waals surface area contributed by atoms with E-state index in [4.69, 9.17) is 9.15 Å². The predicted molar refractivity (Wildman–Crippen MR) is 124 cm³/mol. The van der Waals surface area contributed by atoms with Gasteiger partial charge in [-0.1, -0.05) is 30.4 Å². The zero-order valence-corrected chi connectivity index (χ0v) is 19.3. The third-order valence-corrected chi connectivity index (χ3v) is 7.30. The highest BCUT2D eigenvalue weighted by Crippen LogP contribution is 2.22. The molecule has 2 aromatic carbocycles. The zero-order valence-electron chi connectivity index (χ0n) is 17.7. The van der Waals surface area contributed by atoms with Gasteiger partial charge in [0.15, 0.2) is 5.78 Å². The highest BCUT2D eigenvalue weighted by Gasteiger charge is 2.18. The zero-order chi connectivity index (χ0) is 23.6. The molecule has 0 atom stereocenters. The van der Waals surface area contributed by atoms with Crippen LogP contribution in [0.3, 0.4) is 0 Å². The summed E-state index contributed by atoms with van der Waals surface area (Å²) in [5.74, 6) is 0.128. The van der Waals surface area contributed by atoms with E-state index in [9.17, 15) is 18.0 Å². The molecule has 1 N–H and O–H groups in total. The van der Waals surface area contributed by atoms with Crippen molar-refractivity contribution in [2.24, 2.45) is 0 Å². The Morgan fingerprint density at radius 2 is 1.88 bits per heavy atom. The first kappa shape index (κ1) is 22.6. The van der Waals surface area contributed by atoms with Gasteiger partial charge < -0.3 is 9.15 Å². The molecule has 0 radical (unpaired) electrons. The number of anilines is 1. The van der Waals surface area contributed by atoms with Gasteiger partial charge in [-0.15, -0.1) is 10.2 Å². The summed E-state index contributed by atoms with van der Waals surface area (Å²) in [5.41, 5.74) is 0.0795. The number of sulfonamides is 1. The first-order valence-corrected chi connectivity index (χ1v) is 12.2. The number of nitrogens with one attached hydrogen (secondary N) is 1. The van der Waals surface area contributed by atoms with Crippen molar-refractivity contribution in [3.05, 3.63) is 75.1 Å². The molecule has 0 aliphatic rings. The Morgan fingerprint density at radius 3 is 2.55 bits per heavy atom. The van der Waals surface area contributed by atoms with Crippen LogP contribution in [-0.2, 0) is 22.9 Å². The minimum Gasteiger partial charge on any atom is -0.497 e.